The van der Waals surface area contributed by atoms with E-state index in [-0.39, 0.29) is 18.4 Å². The van der Waals surface area contributed by atoms with E-state index in [4.69, 9.17) is 4.74 Å². The fourth-order valence-corrected chi connectivity index (χ4v) is 4.49. The fraction of sp³-hybridized carbons (Fsp3) is 0.545. The molecule has 0 saturated carbocycles. The molecule has 3 rings (SSSR count). The van der Waals surface area contributed by atoms with E-state index in [2.05, 4.69) is 34.3 Å². The molecular weight excluding hydrogens is 370 g/mol. The minimum Gasteiger partial charge on any atom is -0.372 e. The monoisotopic (exact) mass is 401 g/mol. The second kappa shape index (κ2) is 10.1. The van der Waals surface area contributed by atoms with Crippen LogP contribution in [0, 0.1) is 5.92 Å². The van der Waals surface area contributed by atoms with Gasteiger partial charge in [0, 0.05) is 30.8 Å². The highest BCUT2D eigenvalue weighted by atomic mass is 32.1. The number of nitrogens with zero attached hydrogens (tertiary/aromatic N) is 2. The summed E-state index contributed by atoms with van der Waals surface area (Å²) in [5.41, 5.74) is 2.92. The van der Waals surface area contributed by atoms with Crippen molar-refractivity contribution >= 4 is 22.9 Å². The SMILES string of the molecule is CCOC(C)c1nc(CC(=O)Nc2ccc(CN3CCCC(C)C3)cc2)cs1. The first kappa shape index (κ1) is 21.0. The van der Waals surface area contributed by atoms with Crippen molar-refractivity contribution in [3.05, 3.63) is 45.9 Å². The minimum absolute atomic E-state index is 0.0257. The Morgan fingerprint density at radius 1 is 1.39 bits per heavy atom. The number of nitrogens with one attached hydrogen (secondary N) is 1. The van der Waals surface area contributed by atoms with Crippen molar-refractivity contribution in [3.8, 4) is 0 Å². The van der Waals surface area contributed by atoms with Crippen molar-refractivity contribution in [3.63, 3.8) is 0 Å². The third kappa shape index (κ3) is 6.12. The lowest BCUT2D eigenvalue weighted by atomic mass is 10.00. The largest absolute Gasteiger partial charge is 0.372 e. The molecule has 28 heavy (non-hydrogen) atoms. The summed E-state index contributed by atoms with van der Waals surface area (Å²) in [5, 5.41) is 5.83. The Hall–Kier alpha value is -1.76. The minimum atomic E-state index is -0.0430. The van der Waals surface area contributed by atoms with Crippen molar-refractivity contribution in [2.75, 3.05) is 25.0 Å². The Morgan fingerprint density at radius 3 is 2.89 bits per heavy atom. The maximum absolute atomic E-state index is 12.3. The van der Waals surface area contributed by atoms with Gasteiger partial charge >= 0.3 is 0 Å². The fourth-order valence-electron chi connectivity index (χ4n) is 3.66. The average Bonchev–Trinajstić information content (AvgIpc) is 3.12. The molecule has 1 aromatic carbocycles. The highest BCUT2D eigenvalue weighted by Gasteiger charge is 2.16. The smallest absolute Gasteiger partial charge is 0.230 e. The molecule has 2 atom stereocenters. The van der Waals surface area contributed by atoms with Gasteiger partial charge in [0.05, 0.1) is 12.1 Å². The van der Waals surface area contributed by atoms with Crippen LogP contribution in [0.5, 0.6) is 0 Å². The number of likely N-dealkylation sites (tertiary alicyclic amines) is 1. The van der Waals surface area contributed by atoms with Crippen molar-refractivity contribution < 1.29 is 9.53 Å². The van der Waals surface area contributed by atoms with Gasteiger partial charge in [0.2, 0.25) is 5.91 Å². The van der Waals surface area contributed by atoms with Crippen molar-refractivity contribution in [1.29, 1.82) is 0 Å². The Morgan fingerprint density at radius 2 is 2.18 bits per heavy atom. The number of amides is 1. The molecule has 2 unspecified atom stereocenters. The predicted octanol–water partition coefficient (Wildman–Crippen LogP) is 4.65. The lowest BCUT2D eigenvalue weighted by Crippen LogP contribution is -2.33. The van der Waals surface area contributed by atoms with Crippen LogP contribution in [0.2, 0.25) is 0 Å². The molecule has 1 N–H and O–H groups in total. The molecule has 0 aliphatic carbocycles. The van der Waals surface area contributed by atoms with Crippen LogP contribution in [0.25, 0.3) is 0 Å². The molecule has 2 aromatic rings. The molecule has 152 valence electrons. The van der Waals surface area contributed by atoms with Gasteiger partial charge in [-0.15, -0.1) is 11.3 Å². The molecule has 1 amide bonds. The molecule has 5 nitrogen and oxygen atoms in total. The number of hydrogen-bond acceptors (Lipinski definition) is 5. The second-order valence-electron chi connectivity index (χ2n) is 7.68. The molecule has 0 spiro atoms. The lowest BCUT2D eigenvalue weighted by Gasteiger charge is -2.30. The Bertz CT molecular complexity index is 759. The molecule has 0 bridgehead atoms. The first-order valence-corrected chi connectivity index (χ1v) is 11.1. The summed E-state index contributed by atoms with van der Waals surface area (Å²) in [6.07, 6.45) is 2.88. The predicted molar refractivity (Wildman–Crippen MR) is 115 cm³/mol. The van der Waals surface area contributed by atoms with E-state index in [1.54, 1.807) is 11.3 Å². The van der Waals surface area contributed by atoms with E-state index in [1.165, 1.54) is 31.5 Å². The third-order valence-electron chi connectivity index (χ3n) is 5.06. The highest BCUT2D eigenvalue weighted by Crippen LogP contribution is 2.22. The molecule has 1 fully saturated rings. The molecule has 2 heterocycles. The van der Waals surface area contributed by atoms with Crippen molar-refractivity contribution in [2.45, 2.75) is 52.7 Å². The first-order chi connectivity index (χ1) is 13.5. The Balaban J connectivity index is 1.49. The van der Waals surface area contributed by atoms with Gasteiger partial charge in [0.1, 0.15) is 11.1 Å². The zero-order valence-corrected chi connectivity index (χ0v) is 17.9. The van der Waals surface area contributed by atoms with E-state index >= 15 is 0 Å². The van der Waals surface area contributed by atoms with Crippen molar-refractivity contribution in [1.82, 2.24) is 9.88 Å². The van der Waals surface area contributed by atoms with Gasteiger partial charge in [-0.25, -0.2) is 4.98 Å². The normalized spacial score (nSPS) is 18.8. The molecule has 1 aliphatic rings. The number of carbonyl (C=O) groups is 1. The standard InChI is InChI=1S/C22H31N3O2S/c1-4-27-17(3)22-24-20(15-28-22)12-21(26)23-19-9-7-18(8-10-19)14-25-11-5-6-16(2)13-25/h7-10,15-17H,4-6,11-14H2,1-3H3,(H,23,26). The number of thiazole rings is 1. The maximum atomic E-state index is 12.3. The van der Waals surface area contributed by atoms with Crippen LogP contribution in [0.15, 0.2) is 29.6 Å². The summed E-state index contributed by atoms with van der Waals surface area (Å²) in [6.45, 7) is 10.3. The number of ether oxygens (including phenoxy) is 1. The summed E-state index contributed by atoms with van der Waals surface area (Å²) in [5.74, 6) is 0.744. The average molecular weight is 402 g/mol. The number of hydrogen-bond donors (Lipinski definition) is 1. The first-order valence-electron chi connectivity index (χ1n) is 10.2. The number of benzene rings is 1. The highest BCUT2D eigenvalue weighted by molar-refractivity contribution is 7.09. The van der Waals surface area contributed by atoms with E-state index in [0.29, 0.717) is 6.61 Å². The van der Waals surface area contributed by atoms with E-state index in [9.17, 15) is 4.79 Å². The third-order valence-corrected chi connectivity index (χ3v) is 6.12. The summed E-state index contributed by atoms with van der Waals surface area (Å²) in [7, 11) is 0. The van der Waals surface area contributed by atoms with E-state index in [0.717, 1.165) is 28.9 Å². The second-order valence-corrected chi connectivity index (χ2v) is 8.57. The van der Waals surface area contributed by atoms with Gasteiger partial charge in [-0.3, -0.25) is 9.69 Å². The molecule has 1 aliphatic heterocycles. The van der Waals surface area contributed by atoms with Crippen LogP contribution in [0.4, 0.5) is 5.69 Å². The summed E-state index contributed by atoms with van der Waals surface area (Å²) >= 11 is 1.54. The topological polar surface area (TPSA) is 54.5 Å². The lowest BCUT2D eigenvalue weighted by molar-refractivity contribution is -0.115. The zero-order valence-electron chi connectivity index (χ0n) is 17.1. The number of piperidine rings is 1. The Labute approximate surface area is 172 Å². The van der Waals surface area contributed by atoms with Crippen molar-refractivity contribution in [2.24, 2.45) is 5.92 Å². The molecule has 6 heteroatoms. The zero-order chi connectivity index (χ0) is 19.9. The van der Waals surface area contributed by atoms with Gasteiger partial charge < -0.3 is 10.1 Å². The molecule has 1 saturated heterocycles. The van der Waals surface area contributed by atoms with E-state index < -0.39 is 0 Å². The maximum Gasteiger partial charge on any atom is 0.230 e. The van der Waals surface area contributed by atoms with Gasteiger partial charge in [-0.05, 0) is 56.8 Å². The van der Waals surface area contributed by atoms with Gasteiger partial charge in [-0.1, -0.05) is 19.1 Å². The van der Waals surface area contributed by atoms with Crippen LogP contribution in [0.1, 0.15) is 56.0 Å². The summed E-state index contributed by atoms with van der Waals surface area (Å²) < 4.78 is 5.56. The summed E-state index contributed by atoms with van der Waals surface area (Å²) in [4.78, 5) is 19.4. The Kier molecular flexibility index (Phi) is 7.59. The molecule has 0 radical (unpaired) electrons. The number of anilines is 1. The quantitative estimate of drug-likeness (QED) is 0.699. The van der Waals surface area contributed by atoms with Gasteiger partial charge in [0.25, 0.3) is 0 Å². The number of rotatable bonds is 8. The number of carbonyl (C=O) groups excluding carboxylic acids is 1. The van der Waals surface area contributed by atoms with E-state index in [1.807, 2.05) is 31.4 Å². The van der Waals surface area contributed by atoms with Crippen LogP contribution >= 0.6 is 11.3 Å². The summed E-state index contributed by atoms with van der Waals surface area (Å²) in [6, 6.07) is 8.20. The van der Waals surface area contributed by atoms with Crippen LogP contribution in [0.3, 0.4) is 0 Å². The molecular formula is C22H31N3O2S. The molecule has 1 aromatic heterocycles. The van der Waals surface area contributed by atoms with Crippen LogP contribution < -0.4 is 5.32 Å². The van der Waals surface area contributed by atoms with Crippen LogP contribution in [-0.2, 0) is 22.5 Å². The van der Waals surface area contributed by atoms with Crippen LogP contribution in [-0.4, -0.2) is 35.5 Å². The van der Waals surface area contributed by atoms with Gasteiger partial charge in [0.15, 0.2) is 0 Å². The van der Waals surface area contributed by atoms with Gasteiger partial charge in [-0.2, -0.15) is 0 Å². The number of aromatic nitrogens is 1.